The summed E-state index contributed by atoms with van der Waals surface area (Å²) in [6.45, 7) is 0. The average molecular weight is 483 g/mol. The van der Waals surface area contributed by atoms with Crippen LogP contribution in [0.1, 0.15) is 0 Å². The molecule has 0 fully saturated rings. The van der Waals surface area contributed by atoms with Crippen LogP contribution in [0.4, 0.5) is 0 Å². The first-order chi connectivity index (χ1) is 16.3. The van der Waals surface area contributed by atoms with Gasteiger partial charge in [0, 0.05) is 4.47 Å². The zero-order valence-corrected chi connectivity index (χ0v) is 19.4. The summed E-state index contributed by atoms with van der Waals surface area (Å²) in [5.41, 5.74) is 2.55. The van der Waals surface area contributed by atoms with Crippen molar-refractivity contribution in [3.8, 4) is 11.1 Å². The van der Waals surface area contributed by atoms with Gasteiger partial charge < -0.3 is 0 Å². The van der Waals surface area contributed by atoms with E-state index in [1.165, 1.54) is 65.0 Å². The highest BCUT2D eigenvalue weighted by molar-refractivity contribution is 9.10. The van der Waals surface area contributed by atoms with E-state index in [-0.39, 0.29) is 0 Å². The summed E-state index contributed by atoms with van der Waals surface area (Å²) >= 11 is 3.89. The second-order valence-electron chi connectivity index (χ2n) is 8.63. The van der Waals surface area contributed by atoms with Gasteiger partial charge in [-0.2, -0.15) is 0 Å². The van der Waals surface area contributed by atoms with Crippen molar-refractivity contribution < 1.29 is 0 Å². The van der Waals surface area contributed by atoms with E-state index in [1.54, 1.807) is 0 Å². The van der Waals surface area contributed by atoms with Crippen LogP contribution in [0.3, 0.4) is 0 Å². The Balaban J connectivity index is 1.68. The second-order valence-corrected chi connectivity index (χ2v) is 9.42. The van der Waals surface area contributed by atoms with Gasteiger partial charge >= 0.3 is 0 Å². The molecular weight excluding hydrogens is 464 g/mol. The Morgan fingerprint density at radius 2 is 0.697 bits per heavy atom. The van der Waals surface area contributed by atoms with Crippen molar-refractivity contribution in [2.75, 3.05) is 0 Å². The van der Waals surface area contributed by atoms with Gasteiger partial charge in [-0.15, -0.1) is 0 Å². The molecule has 0 aliphatic heterocycles. The molecule has 0 aliphatic carbocycles. The first kappa shape index (κ1) is 18.8. The maximum absolute atomic E-state index is 3.89. The molecule has 0 unspecified atom stereocenters. The quantitative estimate of drug-likeness (QED) is 0.161. The van der Waals surface area contributed by atoms with Crippen molar-refractivity contribution in [2.24, 2.45) is 0 Å². The van der Waals surface area contributed by atoms with E-state index in [4.69, 9.17) is 0 Å². The fourth-order valence-electron chi connectivity index (χ4n) is 5.45. The van der Waals surface area contributed by atoms with Crippen LogP contribution in [-0.2, 0) is 0 Å². The van der Waals surface area contributed by atoms with E-state index in [2.05, 4.69) is 131 Å². The first-order valence-corrected chi connectivity index (χ1v) is 12.0. The fraction of sp³-hybridized carbons (Fsp3) is 0. The van der Waals surface area contributed by atoms with Crippen molar-refractivity contribution in [3.05, 3.63) is 120 Å². The lowest BCUT2D eigenvalue weighted by Gasteiger charge is -2.16. The Hall–Kier alpha value is -3.68. The number of hydrogen-bond acceptors (Lipinski definition) is 0. The van der Waals surface area contributed by atoms with Crippen LogP contribution in [0.15, 0.2) is 120 Å². The summed E-state index contributed by atoms with van der Waals surface area (Å²) in [6.07, 6.45) is 0. The van der Waals surface area contributed by atoms with E-state index in [1.807, 2.05) is 0 Å². The van der Waals surface area contributed by atoms with Gasteiger partial charge in [0.1, 0.15) is 0 Å². The molecule has 7 rings (SSSR count). The molecule has 0 aromatic heterocycles. The van der Waals surface area contributed by atoms with Crippen molar-refractivity contribution in [1.29, 1.82) is 0 Å². The number of hydrogen-bond donors (Lipinski definition) is 0. The lowest BCUT2D eigenvalue weighted by atomic mass is 9.88. The van der Waals surface area contributed by atoms with Gasteiger partial charge in [0.15, 0.2) is 0 Å². The number of fused-ring (bicyclic) bond motifs is 8. The van der Waals surface area contributed by atoms with Gasteiger partial charge in [-0.25, -0.2) is 0 Å². The van der Waals surface area contributed by atoms with Crippen LogP contribution in [0.2, 0.25) is 0 Å². The molecule has 0 spiro atoms. The Bertz CT molecular complexity index is 1790. The van der Waals surface area contributed by atoms with Crippen LogP contribution in [0, 0.1) is 0 Å². The largest absolute Gasteiger partial charge is 0.0616 e. The highest BCUT2D eigenvalue weighted by atomic mass is 79.9. The molecular formula is C32H19Br. The van der Waals surface area contributed by atoms with Crippen LogP contribution in [0.25, 0.3) is 65.0 Å². The SMILES string of the molecule is Brc1c2ccccc2c(-c2ccc3c4ccccc4c4ccccc4c3c2)c2ccccc12. The molecule has 7 aromatic rings. The molecule has 0 saturated heterocycles. The fourth-order valence-corrected chi connectivity index (χ4v) is 6.14. The maximum Gasteiger partial charge on any atom is 0.0332 e. The van der Waals surface area contributed by atoms with Gasteiger partial charge in [-0.3, -0.25) is 0 Å². The molecule has 33 heavy (non-hydrogen) atoms. The van der Waals surface area contributed by atoms with Gasteiger partial charge in [-0.1, -0.05) is 109 Å². The normalized spacial score (nSPS) is 11.8. The number of rotatable bonds is 1. The van der Waals surface area contributed by atoms with Crippen LogP contribution in [0.5, 0.6) is 0 Å². The molecule has 0 aliphatic rings. The minimum Gasteiger partial charge on any atom is -0.0616 e. The summed E-state index contributed by atoms with van der Waals surface area (Å²) in [7, 11) is 0. The van der Waals surface area contributed by atoms with Crippen molar-refractivity contribution in [2.45, 2.75) is 0 Å². The predicted octanol–water partition coefficient (Wildman–Crippen LogP) is 9.88. The lowest BCUT2D eigenvalue weighted by Crippen LogP contribution is -1.89. The number of halogens is 1. The Morgan fingerprint density at radius 3 is 1.18 bits per heavy atom. The van der Waals surface area contributed by atoms with Crippen molar-refractivity contribution in [3.63, 3.8) is 0 Å². The van der Waals surface area contributed by atoms with Gasteiger partial charge in [-0.05, 0) is 87.0 Å². The summed E-state index contributed by atoms with van der Waals surface area (Å²) in [5, 5.41) is 12.9. The third-order valence-corrected chi connectivity index (χ3v) is 7.75. The monoisotopic (exact) mass is 482 g/mol. The highest BCUT2D eigenvalue weighted by Gasteiger charge is 2.15. The molecule has 154 valence electrons. The minimum atomic E-state index is 1.16. The molecule has 1 heteroatoms. The smallest absolute Gasteiger partial charge is 0.0332 e. The standard InChI is InChI=1S/C32H19Br/c33-32-28-15-7-5-13-26(28)31(27-14-6-8-16-29(27)32)20-17-18-25-23-11-2-1-9-21(23)22-10-3-4-12-24(22)30(25)19-20/h1-19H. The molecule has 0 nitrogen and oxygen atoms in total. The molecule has 0 saturated carbocycles. The maximum atomic E-state index is 3.89. The lowest BCUT2D eigenvalue weighted by molar-refractivity contribution is 1.70. The van der Waals surface area contributed by atoms with E-state index in [0.717, 1.165) is 4.47 Å². The van der Waals surface area contributed by atoms with Gasteiger partial charge in [0.2, 0.25) is 0 Å². The Labute approximate surface area is 200 Å². The molecule has 0 bridgehead atoms. The zero-order valence-electron chi connectivity index (χ0n) is 17.8. The molecule has 0 N–H and O–H groups in total. The van der Waals surface area contributed by atoms with Gasteiger partial charge in [0.25, 0.3) is 0 Å². The van der Waals surface area contributed by atoms with Gasteiger partial charge in [0.05, 0.1) is 0 Å². The van der Waals surface area contributed by atoms with Crippen molar-refractivity contribution in [1.82, 2.24) is 0 Å². The van der Waals surface area contributed by atoms with Crippen molar-refractivity contribution >= 4 is 69.8 Å². The van der Waals surface area contributed by atoms with E-state index in [9.17, 15) is 0 Å². The summed E-state index contributed by atoms with van der Waals surface area (Å²) < 4.78 is 1.16. The zero-order chi connectivity index (χ0) is 21.9. The average Bonchev–Trinajstić information content (AvgIpc) is 2.89. The molecule has 7 aromatic carbocycles. The predicted molar refractivity (Wildman–Crippen MR) is 147 cm³/mol. The van der Waals surface area contributed by atoms with Crippen LogP contribution >= 0.6 is 15.9 Å². The summed E-state index contributed by atoms with van der Waals surface area (Å²) in [6, 6.07) is 41.9. The van der Waals surface area contributed by atoms with E-state index in [0.29, 0.717) is 0 Å². The Morgan fingerprint density at radius 1 is 0.333 bits per heavy atom. The number of benzene rings is 7. The Kier molecular flexibility index (Phi) is 4.09. The second kappa shape index (κ2) is 7.16. The highest BCUT2D eigenvalue weighted by Crippen LogP contribution is 2.43. The molecule has 0 atom stereocenters. The minimum absolute atomic E-state index is 1.16. The third kappa shape index (κ3) is 2.70. The summed E-state index contributed by atoms with van der Waals surface area (Å²) in [4.78, 5) is 0. The van der Waals surface area contributed by atoms with Crippen LogP contribution < -0.4 is 0 Å². The topological polar surface area (TPSA) is 0 Å². The molecule has 0 radical (unpaired) electrons. The summed E-state index contributed by atoms with van der Waals surface area (Å²) in [5.74, 6) is 0. The molecule has 0 amide bonds. The van der Waals surface area contributed by atoms with E-state index < -0.39 is 0 Å². The first-order valence-electron chi connectivity index (χ1n) is 11.2. The van der Waals surface area contributed by atoms with Crippen LogP contribution in [-0.4, -0.2) is 0 Å². The van der Waals surface area contributed by atoms with E-state index >= 15 is 0 Å². The third-order valence-electron chi connectivity index (χ3n) is 6.90. The molecule has 0 heterocycles.